The second-order valence-corrected chi connectivity index (χ2v) is 7.77. The molecule has 0 spiro atoms. The van der Waals surface area contributed by atoms with E-state index in [4.69, 9.17) is 23.2 Å². The third kappa shape index (κ3) is 5.21. The molecule has 0 saturated heterocycles. The highest BCUT2D eigenvalue weighted by atomic mass is 35.5. The normalized spacial score (nSPS) is 12.1. The Labute approximate surface area is 161 Å². The Morgan fingerprint density at radius 2 is 1.96 bits per heavy atom. The van der Waals surface area contributed by atoms with Crippen molar-refractivity contribution in [3.05, 3.63) is 56.2 Å². The first-order valence-electron chi connectivity index (χ1n) is 7.81. The van der Waals surface area contributed by atoms with Gasteiger partial charge in [-0.25, -0.2) is 0 Å². The minimum atomic E-state index is -0.636. The first kappa shape index (κ1) is 19.8. The first-order valence-corrected chi connectivity index (χ1v) is 9.51. The highest BCUT2D eigenvalue weighted by Gasteiger charge is 2.28. The molecule has 0 bridgehead atoms. The van der Waals surface area contributed by atoms with Gasteiger partial charge in [-0.15, -0.1) is 0 Å². The highest BCUT2D eigenvalue weighted by Crippen LogP contribution is 2.21. The fourth-order valence-electron chi connectivity index (χ4n) is 2.38. The second-order valence-electron chi connectivity index (χ2n) is 6.15. The van der Waals surface area contributed by atoms with Crippen molar-refractivity contribution >= 4 is 46.4 Å². The number of hydrogen-bond acceptors (Lipinski definition) is 3. The van der Waals surface area contributed by atoms with E-state index in [2.05, 4.69) is 5.32 Å². The topological polar surface area (TPSA) is 49.4 Å². The van der Waals surface area contributed by atoms with E-state index in [0.717, 1.165) is 5.56 Å². The van der Waals surface area contributed by atoms with E-state index in [0.29, 0.717) is 17.1 Å². The predicted molar refractivity (Wildman–Crippen MR) is 103 cm³/mol. The number of nitrogens with one attached hydrogen (secondary N) is 1. The van der Waals surface area contributed by atoms with Gasteiger partial charge in [-0.1, -0.05) is 37.0 Å². The van der Waals surface area contributed by atoms with E-state index in [1.54, 1.807) is 35.4 Å². The van der Waals surface area contributed by atoms with E-state index in [1.807, 2.05) is 30.7 Å². The Morgan fingerprint density at radius 3 is 2.52 bits per heavy atom. The molecular weight excluding hydrogens is 379 g/mol. The van der Waals surface area contributed by atoms with Crippen LogP contribution >= 0.6 is 34.5 Å². The fraction of sp³-hybridized carbons (Fsp3) is 0.333. The van der Waals surface area contributed by atoms with Crippen molar-refractivity contribution in [3.8, 4) is 0 Å². The van der Waals surface area contributed by atoms with Gasteiger partial charge in [0.25, 0.3) is 5.91 Å². The molecule has 0 fully saturated rings. The number of benzene rings is 1. The summed E-state index contributed by atoms with van der Waals surface area (Å²) in [5.74, 6) is -0.593. The maximum Gasteiger partial charge on any atom is 0.253 e. The molecule has 1 heterocycles. The van der Waals surface area contributed by atoms with Crippen LogP contribution in [-0.2, 0) is 11.3 Å². The van der Waals surface area contributed by atoms with Gasteiger partial charge in [0.15, 0.2) is 0 Å². The molecule has 0 radical (unpaired) electrons. The van der Waals surface area contributed by atoms with Crippen LogP contribution < -0.4 is 5.32 Å². The Kier molecular flexibility index (Phi) is 6.87. The summed E-state index contributed by atoms with van der Waals surface area (Å²) in [6, 6.07) is 5.99. The van der Waals surface area contributed by atoms with E-state index in [1.165, 1.54) is 6.07 Å². The van der Waals surface area contributed by atoms with Gasteiger partial charge in [-0.05, 0) is 46.5 Å². The Morgan fingerprint density at radius 1 is 1.24 bits per heavy atom. The maximum atomic E-state index is 12.8. The van der Waals surface area contributed by atoms with Crippen molar-refractivity contribution in [1.82, 2.24) is 10.2 Å². The fourth-order valence-corrected chi connectivity index (χ4v) is 3.53. The van der Waals surface area contributed by atoms with Crippen molar-refractivity contribution in [1.29, 1.82) is 0 Å². The number of carbonyl (C=O) groups is 2. The van der Waals surface area contributed by atoms with Crippen molar-refractivity contribution < 1.29 is 9.59 Å². The van der Waals surface area contributed by atoms with Gasteiger partial charge < -0.3 is 10.2 Å². The van der Waals surface area contributed by atoms with Gasteiger partial charge in [-0.3, -0.25) is 9.59 Å². The summed E-state index contributed by atoms with van der Waals surface area (Å²) in [6.45, 7) is 4.29. The third-order valence-electron chi connectivity index (χ3n) is 3.77. The molecule has 1 N–H and O–H groups in total. The molecule has 2 aromatic rings. The number of halogens is 2. The molecule has 1 atom stereocenters. The quantitative estimate of drug-likeness (QED) is 0.779. The molecule has 25 heavy (non-hydrogen) atoms. The maximum absolute atomic E-state index is 12.8. The van der Waals surface area contributed by atoms with E-state index >= 15 is 0 Å². The SMILES string of the molecule is CC(C)[C@@H](NC(=O)c1ccc(Cl)cc1Cl)C(=O)N(C)Cc1ccsc1. The summed E-state index contributed by atoms with van der Waals surface area (Å²) in [5.41, 5.74) is 1.36. The first-order chi connectivity index (χ1) is 11.8. The largest absolute Gasteiger partial charge is 0.340 e. The summed E-state index contributed by atoms with van der Waals surface area (Å²) >= 11 is 13.5. The molecule has 0 unspecified atom stereocenters. The number of amides is 2. The van der Waals surface area contributed by atoms with Crippen LogP contribution in [0.3, 0.4) is 0 Å². The van der Waals surface area contributed by atoms with Crippen LogP contribution in [-0.4, -0.2) is 29.8 Å². The zero-order valence-electron chi connectivity index (χ0n) is 14.3. The Bertz CT molecular complexity index is 748. The van der Waals surface area contributed by atoms with Gasteiger partial charge in [0.2, 0.25) is 5.91 Å². The van der Waals surface area contributed by atoms with Crippen LogP contribution in [0.15, 0.2) is 35.0 Å². The summed E-state index contributed by atoms with van der Waals surface area (Å²) in [6.07, 6.45) is 0. The lowest BCUT2D eigenvalue weighted by molar-refractivity contribution is -0.133. The molecular formula is C18H20Cl2N2O2S. The smallest absolute Gasteiger partial charge is 0.253 e. The van der Waals surface area contributed by atoms with Crippen LogP contribution in [0.4, 0.5) is 0 Å². The zero-order valence-corrected chi connectivity index (χ0v) is 16.6. The molecule has 0 aliphatic carbocycles. The van der Waals surface area contributed by atoms with E-state index in [9.17, 15) is 9.59 Å². The summed E-state index contributed by atoms with van der Waals surface area (Å²) in [5, 5.41) is 7.48. The van der Waals surface area contributed by atoms with Gasteiger partial charge in [0.1, 0.15) is 6.04 Å². The lowest BCUT2D eigenvalue weighted by Gasteiger charge is -2.27. The van der Waals surface area contributed by atoms with Crippen LogP contribution in [0.25, 0.3) is 0 Å². The molecule has 0 aliphatic rings. The number of carbonyl (C=O) groups excluding carboxylic acids is 2. The molecule has 4 nitrogen and oxygen atoms in total. The summed E-state index contributed by atoms with van der Waals surface area (Å²) in [7, 11) is 1.73. The molecule has 0 saturated carbocycles. The van der Waals surface area contributed by atoms with Crippen molar-refractivity contribution in [2.75, 3.05) is 7.05 Å². The van der Waals surface area contributed by atoms with Crippen LogP contribution in [0.2, 0.25) is 10.0 Å². The van der Waals surface area contributed by atoms with E-state index < -0.39 is 11.9 Å². The molecule has 0 aliphatic heterocycles. The molecule has 2 rings (SSSR count). The van der Waals surface area contributed by atoms with Gasteiger partial charge >= 0.3 is 0 Å². The molecule has 1 aromatic carbocycles. The Hall–Kier alpha value is -1.56. The number of nitrogens with zero attached hydrogens (tertiary/aromatic N) is 1. The summed E-state index contributed by atoms with van der Waals surface area (Å²) in [4.78, 5) is 26.9. The zero-order chi connectivity index (χ0) is 18.6. The summed E-state index contributed by atoms with van der Waals surface area (Å²) < 4.78 is 0. The number of hydrogen-bond donors (Lipinski definition) is 1. The third-order valence-corrected chi connectivity index (χ3v) is 5.05. The monoisotopic (exact) mass is 398 g/mol. The minimum Gasteiger partial charge on any atom is -0.340 e. The number of thiophene rings is 1. The van der Waals surface area contributed by atoms with Crippen molar-refractivity contribution in [3.63, 3.8) is 0 Å². The molecule has 1 aromatic heterocycles. The van der Waals surface area contributed by atoms with Crippen molar-refractivity contribution in [2.24, 2.45) is 5.92 Å². The van der Waals surface area contributed by atoms with Crippen LogP contribution in [0.5, 0.6) is 0 Å². The van der Waals surface area contributed by atoms with Gasteiger partial charge in [-0.2, -0.15) is 11.3 Å². The average molecular weight is 399 g/mol. The molecule has 7 heteroatoms. The second kappa shape index (κ2) is 8.70. The highest BCUT2D eigenvalue weighted by molar-refractivity contribution is 7.07. The predicted octanol–water partition coefficient (Wildman–Crippen LogP) is 4.47. The van der Waals surface area contributed by atoms with Crippen LogP contribution in [0, 0.1) is 5.92 Å². The lowest BCUT2D eigenvalue weighted by Crippen LogP contribution is -2.50. The standard InChI is InChI=1S/C18H20Cl2N2O2S/c1-11(2)16(18(24)22(3)9-12-6-7-25-10-12)21-17(23)14-5-4-13(19)8-15(14)20/h4-8,10-11,16H,9H2,1-3H3,(H,21,23)/t16-/m1/s1. The number of likely N-dealkylation sites (N-methyl/N-ethyl adjacent to an activating group) is 1. The molecule has 2 amide bonds. The van der Waals surface area contributed by atoms with E-state index in [-0.39, 0.29) is 16.8 Å². The average Bonchev–Trinajstić information content (AvgIpc) is 3.04. The van der Waals surface area contributed by atoms with Crippen molar-refractivity contribution in [2.45, 2.75) is 26.4 Å². The van der Waals surface area contributed by atoms with Crippen LogP contribution in [0.1, 0.15) is 29.8 Å². The minimum absolute atomic E-state index is 0.0625. The number of rotatable bonds is 6. The Balaban J connectivity index is 2.11. The van der Waals surface area contributed by atoms with Gasteiger partial charge in [0, 0.05) is 18.6 Å². The lowest BCUT2D eigenvalue weighted by atomic mass is 10.0. The molecule has 134 valence electrons. The van der Waals surface area contributed by atoms with Gasteiger partial charge in [0.05, 0.1) is 10.6 Å².